The van der Waals surface area contributed by atoms with E-state index in [-0.39, 0.29) is 29.1 Å². The maximum atomic E-state index is 13.1. The van der Waals surface area contributed by atoms with Crippen LogP contribution in [0.3, 0.4) is 0 Å². The van der Waals surface area contributed by atoms with Crippen molar-refractivity contribution in [3.05, 3.63) is 63.1 Å². The van der Waals surface area contributed by atoms with Gasteiger partial charge in [0.1, 0.15) is 18.0 Å². The molecule has 1 atom stereocenters. The average molecular weight is 383 g/mol. The summed E-state index contributed by atoms with van der Waals surface area (Å²) in [5.41, 5.74) is 6.54. The number of halogens is 1. The zero-order valence-electron chi connectivity index (χ0n) is 15.2. The molecule has 0 bridgehead atoms. The second kappa shape index (κ2) is 7.25. The minimum atomic E-state index is -0.307. The number of fused-ring (bicyclic) bond motifs is 1. The van der Waals surface area contributed by atoms with Gasteiger partial charge in [-0.05, 0) is 38.3 Å². The number of pyridine rings is 1. The molecule has 3 N–H and O–H groups in total. The van der Waals surface area contributed by atoms with Crippen molar-refractivity contribution in [3.8, 4) is 0 Å². The number of aromatic nitrogens is 3. The molecule has 138 valence electrons. The van der Waals surface area contributed by atoms with Crippen molar-refractivity contribution in [1.82, 2.24) is 14.5 Å². The number of rotatable bonds is 4. The maximum Gasteiger partial charge on any atom is 0.268 e. The lowest BCUT2D eigenvalue weighted by molar-refractivity contribution is 0.541. The van der Waals surface area contributed by atoms with Crippen LogP contribution in [0.2, 0.25) is 5.02 Å². The molecule has 27 heavy (non-hydrogen) atoms. The molecule has 0 saturated carbocycles. The zero-order chi connectivity index (χ0) is 19.7. The van der Waals surface area contributed by atoms with Crippen molar-refractivity contribution in [3.63, 3.8) is 0 Å². The molecule has 8 heteroatoms. The second-order valence-electron chi connectivity index (χ2n) is 6.48. The molecule has 0 amide bonds. The fourth-order valence-electron chi connectivity index (χ4n) is 3.11. The fourth-order valence-corrected chi connectivity index (χ4v) is 3.37. The summed E-state index contributed by atoms with van der Waals surface area (Å²) in [4.78, 5) is 24.5. The number of nitrogen functional groups attached to an aromatic ring is 1. The predicted molar refractivity (Wildman–Crippen MR) is 108 cm³/mol. The number of hydrogen-bond acceptors (Lipinski definition) is 5. The van der Waals surface area contributed by atoms with E-state index in [1.807, 2.05) is 39.0 Å². The third kappa shape index (κ3) is 3.32. The van der Waals surface area contributed by atoms with E-state index in [9.17, 15) is 4.79 Å². The van der Waals surface area contributed by atoms with Gasteiger partial charge in [0.25, 0.3) is 11.2 Å². The van der Waals surface area contributed by atoms with Crippen LogP contribution in [0.25, 0.3) is 15.6 Å². The van der Waals surface area contributed by atoms with E-state index in [4.69, 9.17) is 23.9 Å². The molecule has 7 nitrogen and oxygen atoms in total. The lowest BCUT2D eigenvalue weighted by atomic mass is 10.1. The van der Waals surface area contributed by atoms with Gasteiger partial charge in [-0.15, -0.1) is 0 Å². The van der Waals surface area contributed by atoms with Crippen LogP contribution in [0.15, 0.2) is 35.4 Å². The van der Waals surface area contributed by atoms with Crippen molar-refractivity contribution in [2.24, 2.45) is 0 Å². The molecular formula is C19H19ClN6O. The highest BCUT2D eigenvalue weighted by Crippen LogP contribution is 2.31. The summed E-state index contributed by atoms with van der Waals surface area (Å²) in [6.07, 6.45) is 1.30. The van der Waals surface area contributed by atoms with Crippen molar-refractivity contribution in [2.45, 2.75) is 32.9 Å². The molecule has 0 spiro atoms. The molecule has 0 radical (unpaired) electrons. The number of hydrogen-bond donors (Lipinski definition) is 2. The van der Waals surface area contributed by atoms with Gasteiger partial charge < -0.3 is 15.6 Å². The van der Waals surface area contributed by atoms with Gasteiger partial charge in [0.2, 0.25) is 0 Å². The minimum Gasteiger partial charge on any atom is -0.392 e. The van der Waals surface area contributed by atoms with Crippen LogP contribution in [-0.4, -0.2) is 14.5 Å². The number of nitrogens with one attached hydrogen (secondary N) is 1. The first-order chi connectivity index (χ1) is 12.8. The van der Waals surface area contributed by atoms with E-state index in [0.717, 1.165) is 11.1 Å². The summed E-state index contributed by atoms with van der Waals surface area (Å²) in [6.45, 7) is 13.1. The monoisotopic (exact) mass is 382 g/mol. The van der Waals surface area contributed by atoms with E-state index in [0.29, 0.717) is 16.2 Å². The summed E-state index contributed by atoms with van der Waals surface area (Å²) < 4.78 is 1.70. The largest absolute Gasteiger partial charge is 0.392 e. The summed E-state index contributed by atoms with van der Waals surface area (Å²) in [5, 5.41) is 4.87. The first-order valence-electron chi connectivity index (χ1n) is 8.43. The summed E-state index contributed by atoms with van der Waals surface area (Å²) in [7, 11) is 0. The Balaban J connectivity index is 2.17. The smallest absolute Gasteiger partial charge is 0.268 e. The maximum absolute atomic E-state index is 13.1. The molecule has 0 aliphatic carbocycles. The number of nitrogens with two attached hydrogens (primary N) is 1. The van der Waals surface area contributed by atoms with E-state index in [1.165, 1.54) is 6.33 Å². The Hall–Kier alpha value is -3.11. The predicted octanol–water partition coefficient (Wildman–Crippen LogP) is 4.33. The van der Waals surface area contributed by atoms with Crippen molar-refractivity contribution >= 4 is 39.7 Å². The molecule has 0 saturated heterocycles. The Kier molecular flexibility index (Phi) is 5.02. The Morgan fingerprint density at radius 1 is 1.30 bits per heavy atom. The normalized spacial score (nSPS) is 12.1. The second-order valence-corrected chi connectivity index (χ2v) is 6.88. The Morgan fingerprint density at radius 3 is 2.70 bits per heavy atom. The molecular weight excluding hydrogens is 364 g/mol. The summed E-state index contributed by atoms with van der Waals surface area (Å²) in [5.74, 6) is 0.445. The molecule has 0 aliphatic heterocycles. The van der Waals surface area contributed by atoms with Crippen LogP contribution in [0.5, 0.6) is 0 Å². The molecule has 3 rings (SSSR count). The van der Waals surface area contributed by atoms with E-state index in [1.54, 1.807) is 10.6 Å². The summed E-state index contributed by atoms with van der Waals surface area (Å²) >= 11 is 6.26. The first kappa shape index (κ1) is 18.7. The molecule has 0 aliphatic rings. The van der Waals surface area contributed by atoms with Crippen LogP contribution >= 0.6 is 11.6 Å². The Morgan fingerprint density at radius 2 is 2.04 bits per heavy atom. The quantitative estimate of drug-likeness (QED) is 0.655. The highest BCUT2D eigenvalue weighted by atomic mass is 35.5. The fraction of sp³-hybridized carbons (Fsp3) is 0.263. The topological polar surface area (TPSA) is 90.2 Å². The molecule has 3 aromatic rings. The third-order valence-electron chi connectivity index (χ3n) is 4.34. The van der Waals surface area contributed by atoms with Gasteiger partial charge in [-0.1, -0.05) is 23.7 Å². The minimum absolute atomic E-state index is 0.0757. The van der Waals surface area contributed by atoms with Crippen molar-refractivity contribution in [1.29, 1.82) is 0 Å². The molecule has 2 heterocycles. The lowest BCUT2D eigenvalue weighted by Crippen LogP contribution is -2.28. The number of nitrogens with zero attached hydrogens (tertiary/aromatic N) is 4. The van der Waals surface area contributed by atoms with Gasteiger partial charge in [-0.3, -0.25) is 4.79 Å². The van der Waals surface area contributed by atoms with Crippen molar-refractivity contribution < 1.29 is 0 Å². The zero-order valence-corrected chi connectivity index (χ0v) is 15.9. The SMILES string of the molecule is [C-]#[N+]c1c(N)ncnc1N[C@@H](C)c1cc2cccc(Cl)c2c(=O)n1C(C)C. The first-order valence-corrected chi connectivity index (χ1v) is 8.81. The lowest BCUT2D eigenvalue weighted by Gasteiger charge is -2.24. The third-order valence-corrected chi connectivity index (χ3v) is 4.65. The molecule has 0 fully saturated rings. The standard InChI is InChI=1S/C19H19ClN6O/c1-10(2)26-14(8-12-6-5-7-13(20)15(12)19(26)27)11(3)25-18-16(22-4)17(21)23-9-24-18/h5-11H,1-3H3,(H3,21,23,24,25)/t11-/m0/s1. The Labute approximate surface area is 161 Å². The molecule has 2 aromatic heterocycles. The van der Waals surface area contributed by atoms with Gasteiger partial charge in [-0.25, -0.2) is 14.8 Å². The highest BCUT2D eigenvalue weighted by Gasteiger charge is 2.20. The van der Waals surface area contributed by atoms with Crippen LogP contribution in [0, 0.1) is 6.57 Å². The number of anilines is 2. The van der Waals surface area contributed by atoms with Crippen LogP contribution in [0.1, 0.15) is 38.5 Å². The van der Waals surface area contributed by atoms with Crippen molar-refractivity contribution in [2.75, 3.05) is 11.1 Å². The van der Waals surface area contributed by atoms with Gasteiger partial charge in [0.15, 0.2) is 0 Å². The average Bonchev–Trinajstić information content (AvgIpc) is 2.61. The number of benzene rings is 1. The van der Waals surface area contributed by atoms with Crippen LogP contribution < -0.4 is 16.6 Å². The molecule has 0 unspecified atom stereocenters. The molecule has 1 aromatic carbocycles. The van der Waals surface area contributed by atoms with Gasteiger partial charge in [-0.2, -0.15) is 0 Å². The van der Waals surface area contributed by atoms with E-state index in [2.05, 4.69) is 20.1 Å². The van der Waals surface area contributed by atoms with Crippen LogP contribution in [0.4, 0.5) is 17.3 Å². The van der Waals surface area contributed by atoms with E-state index >= 15 is 0 Å². The highest BCUT2D eigenvalue weighted by molar-refractivity contribution is 6.35. The van der Waals surface area contributed by atoms with Gasteiger partial charge in [0.05, 0.1) is 23.0 Å². The van der Waals surface area contributed by atoms with Crippen LogP contribution in [-0.2, 0) is 0 Å². The van der Waals surface area contributed by atoms with Gasteiger partial charge >= 0.3 is 0 Å². The Bertz CT molecular complexity index is 1120. The van der Waals surface area contributed by atoms with E-state index < -0.39 is 0 Å². The van der Waals surface area contributed by atoms with Gasteiger partial charge in [0, 0.05) is 11.7 Å². The summed E-state index contributed by atoms with van der Waals surface area (Å²) in [6, 6.07) is 6.93.